The van der Waals surface area contributed by atoms with Gasteiger partial charge in [0.1, 0.15) is 12.1 Å². The predicted molar refractivity (Wildman–Crippen MR) is 47.2 cm³/mol. The minimum atomic E-state index is -4.70. The van der Waals surface area contributed by atoms with E-state index >= 15 is 0 Å². The third-order valence-corrected chi connectivity index (χ3v) is 2.49. The molecule has 1 aliphatic heterocycles. The van der Waals surface area contributed by atoms with Crippen LogP contribution in [0.2, 0.25) is 0 Å². The van der Waals surface area contributed by atoms with E-state index in [1.165, 1.54) is 6.92 Å². The van der Waals surface area contributed by atoms with Gasteiger partial charge in [0.2, 0.25) is 5.91 Å². The molecule has 0 aromatic heterocycles. The quantitative estimate of drug-likeness (QED) is 0.695. The van der Waals surface area contributed by atoms with Gasteiger partial charge in [0.25, 0.3) is 0 Å². The van der Waals surface area contributed by atoms with Crippen molar-refractivity contribution in [1.82, 2.24) is 4.90 Å². The molecule has 0 radical (unpaired) electrons. The van der Waals surface area contributed by atoms with Gasteiger partial charge in [-0.05, 0) is 6.92 Å². The molecule has 1 aliphatic rings. The molecule has 1 fully saturated rings. The van der Waals surface area contributed by atoms with Crippen molar-refractivity contribution in [2.75, 3.05) is 13.2 Å². The van der Waals surface area contributed by atoms with E-state index < -0.39 is 37.1 Å². The van der Waals surface area contributed by atoms with Crippen LogP contribution in [0.25, 0.3) is 0 Å². The fraction of sp³-hybridized carbons (Fsp3) is 0.875. The van der Waals surface area contributed by atoms with Gasteiger partial charge in [-0.2, -0.15) is 0 Å². The largest absolute Gasteiger partial charge is 0.522 e. The van der Waals surface area contributed by atoms with Crippen LogP contribution in [0.5, 0.6) is 0 Å². The summed E-state index contributed by atoms with van der Waals surface area (Å²) in [6, 6.07) is -1.78. The SMILES string of the molecule is C[C@H]1[C@@H](OC(F)(F)F)CN1C(=O)[C@H](N)CO. The number of likely N-dealkylation sites (tertiary alicyclic amines) is 1. The number of ether oxygens (including phenoxy) is 1. The highest BCUT2D eigenvalue weighted by Crippen LogP contribution is 2.28. The van der Waals surface area contributed by atoms with Gasteiger partial charge in [-0.15, -0.1) is 13.2 Å². The Labute approximate surface area is 90.0 Å². The van der Waals surface area contributed by atoms with Crippen LogP contribution in [0.4, 0.5) is 13.2 Å². The molecule has 0 aromatic carbocycles. The van der Waals surface area contributed by atoms with Gasteiger partial charge in [-0.1, -0.05) is 0 Å². The van der Waals surface area contributed by atoms with Crippen molar-refractivity contribution < 1.29 is 27.8 Å². The summed E-state index contributed by atoms with van der Waals surface area (Å²) >= 11 is 0. The molecule has 1 rings (SSSR count). The first-order valence-corrected chi connectivity index (χ1v) is 4.67. The zero-order valence-electron chi connectivity index (χ0n) is 8.57. The molecule has 0 bridgehead atoms. The highest BCUT2D eigenvalue weighted by atomic mass is 19.4. The van der Waals surface area contributed by atoms with Crippen LogP contribution < -0.4 is 5.73 Å². The topological polar surface area (TPSA) is 75.8 Å². The van der Waals surface area contributed by atoms with Gasteiger partial charge in [-0.25, -0.2) is 0 Å². The predicted octanol–water partition coefficient (Wildman–Crippen LogP) is -0.558. The van der Waals surface area contributed by atoms with E-state index in [1.54, 1.807) is 0 Å². The number of amides is 1. The number of aliphatic hydroxyl groups excluding tert-OH is 1. The molecule has 3 atom stereocenters. The average molecular weight is 242 g/mol. The monoisotopic (exact) mass is 242 g/mol. The number of alkyl halides is 3. The van der Waals surface area contributed by atoms with Crippen LogP contribution >= 0.6 is 0 Å². The van der Waals surface area contributed by atoms with Crippen molar-refractivity contribution in [3.63, 3.8) is 0 Å². The molecule has 16 heavy (non-hydrogen) atoms. The van der Waals surface area contributed by atoms with E-state index in [-0.39, 0.29) is 6.54 Å². The van der Waals surface area contributed by atoms with Crippen molar-refractivity contribution >= 4 is 5.91 Å². The van der Waals surface area contributed by atoms with Crippen molar-refractivity contribution in [2.24, 2.45) is 5.73 Å². The number of halogens is 3. The second-order valence-electron chi connectivity index (χ2n) is 3.62. The summed E-state index contributed by atoms with van der Waals surface area (Å²) in [4.78, 5) is 12.5. The lowest BCUT2D eigenvalue weighted by atomic mass is 10.00. The minimum absolute atomic E-state index is 0.160. The number of nitrogens with two attached hydrogens (primary N) is 1. The molecule has 0 unspecified atom stereocenters. The highest BCUT2D eigenvalue weighted by Gasteiger charge is 2.46. The third-order valence-electron chi connectivity index (χ3n) is 2.49. The summed E-state index contributed by atoms with van der Waals surface area (Å²) in [5.74, 6) is -0.572. The van der Waals surface area contributed by atoms with Crippen LogP contribution in [0.15, 0.2) is 0 Å². The number of carbonyl (C=O) groups excluding carboxylic acids is 1. The molecule has 0 aliphatic carbocycles. The maximum absolute atomic E-state index is 11.9. The zero-order valence-corrected chi connectivity index (χ0v) is 8.57. The number of hydrogen-bond donors (Lipinski definition) is 2. The number of hydrogen-bond acceptors (Lipinski definition) is 4. The molecule has 1 amide bonds. The van der Waals surface area contributed by atoms with Crippen molar-refractivity contribution in [3.05, 3.63) is 0 Å². The van der Waals surface area contributed by atoms with E-state index in [1.807, 2.05) is 0 Å². The summed E-state index contributed by atoms with van der Waals surface area (Å²) in [5, 5.41) is 8.63. The highest BCUT2D eigenvalue weighted by molar-refractivity contribution is 5.83. The number of rotatable bonds is 3. The Kier molecular flexibility index (Phi) is 3.76. The molecule has 1 heterocycles. The Hall–Kier alpha value is -0.860. The molecular formula is C8H13F3N2O3. The molecule has 1 saturated heterocycles. The first-order valence-electron chi connectivity index (χ1n) is 4.67. The molecule has 8 heteroatoms. The van der Waals surface area contributed by atoms with Gasteiger partial charge in [0.05, 0.1) is 12.6 Å². The Morgan fingerprint density at radius 3 is 2.62 bits per heavy atom. The summed E-state index contributed by atoms with van der Waals surface area (Å²) in [7, 11) is 0. The Balaban J connectivity index is 2.46. The van der Waals surface area contributed by atoms with Crippen molar-refractivity contribution in [3.8, 4) is 0 Å². The fourth-order valence-corrected chi connectivity index (χ4v) is 1.46. The summed E-state index contributed by atoms with van der Waals surface area (Å²) < 4.78 is 39.4. The standard InChI is InChI=1S/C8H13F3N2O3/c1-4-6(16-8(9,10)11)2-13(4)7(15)5(12)3-14/h4-6,14H,2-3,12H2,1H3/t4-,5+,6-/m0/s1. The van der Waals surface area contributed by atoms with Crippen LogP contribution in [-0.2, 0) is 9.53 Å². The van der Waals surface area contributed by atoms with E-state index in [4.69, 9.17) is 10.8 Å². The first-order chi connectivity index (χ1) is 7.26. The number of aliphatic hydroxyl groups is 1. The van der Waals surface area contributed by atoms with Crippen LogP contribution in [0.3, 0.4) is 0 Å². The molecule has 5 nitrogen and oxygen atoms in total. The van der Waals surface area contributed by atoms with Crippen LogP contribution in [-0.4, -0.2) is 53.6 Å². The molecular weight excluding hydrogens is 229 g/mol. The van der Waals surface area contributed by atoms with Crippen LogP contribution in [0.1, 0.15) is 6.92 Å². The second-order valence-corrected chi connectivity index (χ2v) is 3.62. The summed E-state index contributed by atoms with van der Waals surface area (Å²) in [6.07, 6.45) is -5.76. The van der Waals surface area contributed by atoms with Gasteiger partial charge >= 0.3 is 6.36 Å². The Bertz CT molecular complexity index is 272. The van der Waals surface area contributed by atoms with Gasteiger partial charge in [0.15, 0.2) is 0 Å². The summed E-state index contributed by atoms with van der Waals surface area (Å²) in [5.41, 5.74) is 5.26. The lowest BCUT2D eigenvalue weighted by Gasteiger charge is -2.46. The van der Waals surface area contributed by atoms with E-state index in [0.29, 0.717) is 0 Å². The maximum Gasteiger partial charge on any atom is 0.522 e. The summed E-state index contributed by atoms with van der Waals surface area (Å²) in [6.45, 7) is 0.738. The molecule has 0 spiro atoms. The maximum atomic E-state index is 11.9. The minimum Gasteiger partial charge on any atom is -0.394 e. The molecule has 94 valence electrons. The van der Waals surface area contributed by atoms with Crippen molar-refractivity contribution in [1.29, 1.82) is 0 Å². The smallest absolute Gasteiger partial charge is 0.394 e. The average Bonchev–Trinajstić information content (AvgIpc) is 2.19. The lowest BCUT2D eigenvalue weighted by Crippen LogP contribution is -2.65. The van der Waals surface area contributed by atoms with E-state index in [9.17, 15) is 18.0 Å². The van der Waals surface area contributed by atoms with E-state index in [0.717, 1.165) is 4.90 Å². The fourth-order valence-electron chi connectivity index (χ4n) is 1.46. The van der Waals surface area contributed by atoms with Crippen molar-refractivity contribution in [2.45, 2.75) is 31.5 Å². The zero-order chi connectivity index (χ0) is 12.5. The third kappa shape index (κ3) is 2.83. The lowest BCUT2D eigenvalue weighted by molar-refractivity contribution is -0.359. The first kappa shape index (κ1) is 13.2. The normalized spacial score (nSPS) is 27.5. The Morgan fingerprint density at radius 1 is 1.69 bits per heavy atom. The molecule has 0 aromatic rings. The van der Waals surface area contributed by atoms with E-state index in [2.05, 4.69) is 4.74 Å². The van der Waals surface area contributed by atoms with Gasteiger partial charge in [0, 0.05) is 6.54 Å². The molecule has 0 saturated carbocycles. The van der Waals surface area contributed by atoms with Gasteiger partial charge in [-0.3, -0.25) is 9.53 Å². The number of nitrogens with zero attached hydrogens (tertiary/aromatic N) is 1. The Morgan fingerprint density at radius 2 is 2.25 bits per heavy atom. The second kappa shape index (κ2) is 4.56. The van der Waals surface area contributed by atoms with Gasteiger partial charge < -0.3 is 15.7 Å². The molecule has 3 N–H and O–H groups in total. The number of carbonyl (C=O) groups is 1. The van der Waals surface area contributed by atoms with Crippen LogP contribution in [0, 0.1) is 0 Å².